The van der Waals surface area contributed by atoms with Gasteiger partial charge in [-0.1, -0.05) is 64.2 Å². The van der Waals surface area contributed by atoms with Gasteiger partial charge in [0.05, 0.1) is 55.4 Å². The summed E-state index contributed by atoms with van der Waals surface area (Å²) >= 11 is 0. The van der Waals surface area contributed by atoms with Crippen LogP contribution in [0.3, 0.4) is 0 Å². The van der Waals surface area contributed by atoms with Gasteiger partial charge in [0, 0.05) is 45.8 Å². The van der Waals surface area contributed by atoms with Gasteiger partial charge in [-0.3, -0.25) is 67.1 Å². The molecule has 0 aliphatic carbocycles. The molecule has 800 valence electrons. The summed E-state index contributed by atoms with van der Waals surface area (Å²) in [7, 11) is 1.12. The number of carbonyl (C=O) groups excluding carboxylic acids is 15. The third kappa shape index (κ3) is 64.0. The number of methoxy groups -OCH3 is 1. The third-order valence-corrected chi connectivity index (χ3v) is 23.8. The highest BCUT2D eigenvalue weighted by atomic mass is 16.5. The number of esters is 1. The Labute approximate surface area is 819 Å². The molecule has 0 saturated heterocycles. The third-order valence-electron chi connectivity index (χ3n) is 23.8. The first-order chi connectivity index (χ1) is 66.2. The fraction of sp³-hybridized carbons (Fsp3) is 0.837. The topological polar surface area (TPSA) is 850 Å². The Bertz CT molecular complexity index is 3370. The first-order valence-electron chi connectivity index (χ1n) is 51.1. The maximum Gasteiger partial charge on any atom is 0.328 e. The number of hydrogen-bond acceptors (Lipinski definition) is 32. The highest BCUT2D eigenvalue weighted by Crippen LogP contribution is 2.16. The summed E-state index contributed by atoms with van der Waals surface area (Å²) in [5.74, 6) is -8.58. The van der Waals surface area contributed by atoms with E-state index in [-0.39, 0.29) is 166 Å². The second-order valence-corrected chi connectivity index (χ2v) is 35.9. The second-order valence-electron chi connectivity index (χ2n) is 35.9. The first kappa shape index (κ1) is 129. The van der Waals surface area contributed by atoms with Crippen LogP contribution in [-0.4, -0.2) is 285 Å². The molecule has 14 amide bonds. The Morgan fingerprint density at radius 2 is 0.304 bits per heavy atom. The zero-order chi connectivity index (χ0) is 103. The zero-order valence-electron chi connectivity index (χ0n) is 83.1. The highest BCUT2D eigenvalue weighted by molar-refractivity contribution is 5.96. The molecule has 0 heterocycles. The average Bonchev–Trinajstić information content (AvgIpc) is 0.869. The minimum absolute atomic E-state index is 0.0129. The van der Waals surface area contributed by atoms with Gasteiger partial charge >= 0.3 is 5.97 Å². The number of rotatable bonds is 90. The fourth-order valence-electron chi connectivity index (χ4n) is 14.9. The van der Waals surface area contributed by atoms with E-state index in [2.05, 4.69) is 74.4 Å². The lowest BCUT2D eigenvalue weighted by molar-refractivity contribution is -0.145. The first-order valence-corrected chi connectivity index (χ1v) is 51.1. The molecule has 0 bridgehead atoms. The van der Waals surface area contributed by atoms with E-state index in [1.165, 1.54) is 0 Å². The van der Waals surface area contributed by atoms with Crippen molar-refractivity contribution in [1.82, 2.24) is 74.4 Å². The van der Waals surface area contributed by atoms with Gasteiger partial charge in [-0.15, -0.1) is 0 Å². The Balaban J connectivity index is 7.54. The number of hydrogen-bond donors (Lipinski definition) is 30. The van der Waals surface area contributed by atoms with Crippen LogP contribution in [0.15, 0.2) is 0 Å². The largest absolute Gasteiger partial charge is 0.467 e. The van der Waals surface area contributed by atoms with Crippen LogP contribution in [-0.2, 0) is 76.7 Å². The smallest absolute Gasteiger partial charge is 0.328 e. The van der Waals surface area contributed by atoms with Gasteiger partial charge < -0.3 is 171 Å². The summed E-state index contributed by atoms with van der Waals surface area (Å²) in [5, 5.41) is 39.5. The molecule has 15 atom stereocenters. The number of carbonyl (C=O) groups is 15. The number of nitrogens with two attached hydrogens (primary N) is 16. The molecule has 0 spiro atoms. The van der Waals surface area contributed by atoms with E-state index in [1.807, 2.05) is 0 Å². The van der Waals surface area contributed by atoms with Crippen LogP contribution in [0, 0.1) is 0 Å². The minimum Gasteiger partial charge on any atom is -0.467 e. The molecule has 0 aliphatic heterocycles. The predicted octanol–water partition coefficient (Wildman–Crippen LogP) is -5.40. The summed E-state index contributed by atoms with van der Waals surface area (Å²) in [6.45, 7) is 4.40. The van der Waals surface area contributed by atoms with E-state index in [0.717, 1.165) is 26.4 Å². The lowest BCUT2D eigenvalue weighted by atomic mass is 10.0. The average molecular weight is 1970 g/mol. The molecule has 46 heteroatoms. The van der Waals surface area contributed by atoms with Gasteiger partial charge in [0.2, 0.25) is 82.7 Å². The summed E-state index contributed by atoms with van der Waals surface area (Å²) in [4.78, 5) is 207. The van der Waals surface area contributed by atoms with Crippen LogP contribution in [0.5, 0.6) is 0 Å². The Kier molecular flexibility index (Phi) is 78.9. The lowest BCUT2D eigenvalue weighted by Crippen LogP contribution is -2.57. The van der Waals surface area contributed by atoms with Gasteiger partial charge in [-0.2, -0.15) is 0 Å². The molecule has 0 radical (unpaired) electrons. The molecule has 0 aromatic rings. The number of amides is 14. The molecule has 0 rings (SSSR count). The molecule has 0 fully saturated rings. The Hall–Kier alpha value is -8.59. The minimum atomic E-state index is -1.41. The summed E-state index contributed by atoms with van der Waals surface area (Å²) in [6.07, 6.45) is 18.3. The van der Waals surface area contributed by atoms with E-state index >= 15 is 0 Å². The quantitative estimate of drug-likeness (QED) is 0.0200. The van der Waals surface area contributed by atoms with E-state index in [9.17, 15) is 71.9 Å². The van der Waals surface area contributed by atoms with Crippen molar-refractivity contribution < 1.29 is 76.7 Å². The fourth-order valence-corrected chi connectivity index (χ4v) is 14.9. The molecule has 0 aromatic carbocycles. The van der Waals surface area contributed by atoms with Gasteiger partial charge in [0.1, 0.15) is 42.3 Å². The van der Waals surface area contributed by atoms with Gasteiger partial charge in [-0.05, 0) is 284 Å². The molecule has 46 nitrogen and oxygen atoms in total. The van der Waals surface area contributed by atoms with Crippen molar-refractivity contribution in [3.63, 3.8) is 0 Å². The monoisotopic (exact) mass is 1970 g/mol. The zero-order valence-corrected chi connectivity index (χ0v) is 83.1. The van der Waals surface area contributed by atoms with Crippen LogP contribution >= 0.6 is 0 Å². The van der Waals surface area contributed by atoms with Crippen molar-refractivity contribution >= 4 is 88.7 Å². The summed E-state index contributed by atoms with van der Waals surface area (Å²) in [6, 6.07) is -15.4. The van der Waals surface area contributed by atoms with Crippen LogP contribution in [0.25, 0.3) is 0 Å². The van der Waals surface area contributed by atoms with Crippen LogP contribution in [0.1, 0.15) is 295 Å². The van der Waals surface area contributed by atoms with Gasteiger partial charge in [0.15, 0.2) is 0 Å². The van der Waals surface area contributed by atoms with Crippen molar-refractivity contribution in [3.05, 3.63) is 0 Å². The molecular weight excluding hydrogens is 1780 g/mol. The van der Waals surface area contributed by atoms with Crippen molar-refractivity contribution in [2.75, 3.05) is 105 Å². The maximum absolute atomic E-state index is 14.9. The van der Waals surface area contributed by atoms with Crippen LogP contribution < -0.4 is 166 Å². The van der Waals surface area contributed by atoms with Gasteiger partial charge in [0.25, 0.3) is 0 Å². The normalized spacial score (nSPS) is 14.6. The maximum atomic E-state index is 14.9. The van der Waals surface area contributed by atoms with E-state index < -0.39 is 156 Å². The van der Waals surface area contributed by atoms with E-state index in [4.69, 9.17) is 96.5 Å². The van der Waals surface area contributed by atoms with Gasteiger partial charge in [-0.25, -0.2) is 4.79 Å². The molecule has 46 N–H and O–H groups in total. The number of nitrogens with one attached hydrogen (secondary N) is 14. The van der Waals surface area contributed by atoms with Crippen molar-refractivity contribution in [3.8, 4) is 0 Å². The molecule has 15 unspecified atom stereocenters. The van der Waals surface area contributed by atoms with E-state index in [1.54, 1.807) is 0 Å². The molecule has 0 saturated carbocycles. The summed E-state index contributed by atoms with van der Waals surface area (Å²) < 4.78 is 5.21. The van der Waals surface area contributed by atoms with Crippen LogP contribution in [0.4, 0.5) is 0 Å². The molecule has 0 aliphatic rings. The lowest BCUT2D eigenvalue weighted by Gasteiger charge is -2.26. The Morgan fingerprint density at radius 1 is 0.167 bits per heavy atom. The van der Waals surface area contributed by atoms with Crippen molar-refractivity contribution in [2.24, 2.45) is 91.7 Å². The SMILES string of the molecule is COC(=O)C(CCCCNC(=O)C(CCCCNC(=O)C(CCCCNC(=O)C(N)CCCCN)NC(=O)C(N)CCCCN)NC(=O)C(CCCCNC(=O)C(N)CCCCN)NC(=O)C(N)CCCCN)NC(=O)C(CCCCNC(=O)C(CCCCNC(=O)C(N)CCCCN)NC(=O)C(N)CCCCN)NC(=O)C(CCCCCNC(=O)C(N)CCCCN)NC(=O)C(N)CCCCN. The number of ether oxygens (including phenoxy) is 1. The second kappa shape index (κ2) is 84.1. The highest BCUT2D eigenvalue weighted by Gasteiger charge is 2.34. The summed E-state index contributed by atoms with van der Waals surface area (Å²) in [5.41, 5.74) is 95.0. The van der Waals surface area contributed by atoms with E-state index in [0.29, 0.717) is 232 Å². The molecule has 138 heavy (non-hydrogen) atoms. The van der Waals surface area contributed by atoms with Crippen LogP contribution in [0.2, 0.25) is 0 Å². The predicted molar refractivity (Wildman–Crippen MR) is 535 cm³/mol. The Morgan fingerprint density at radius 3 is 0.493 bits per heavy atom. The van der Waals surface area contributed by atoms with Crippen molar-refractivity contribution in [2.45, 2.75) is 386 Å². The number of unbranched alkanes of at least 4 members (excludes halogenated alkanes) is 16. The van der Waals surface area contributed by atoms with Crippen molar-refractivity contribution in [1.29, 1.82) is 0 Å². The molecular formula is C92H186N30O16. The standard InChI is InChI=1S/C92H186N30O16/c1-138-92(137)77(122-91(136)76(121-90(135)74(118-84(129)69(107)39-10-24-54-99)41-3-2-26-56-109-78(123)63(101)33-4-18-48-93)46-16-31-61-114-87(132)72(117-83(128)68(106)38-9-23-53-98)43-13-28-58-111-80(125)65(103)35-6-20-50-95)47-17-32-62-115-88(133)73(120-89(134)75(119-85(130)70(108)40-11-25-55-100)45-15-29-59-112-81(126)66(104)36-7-21-51-96)44-14-30-60-113-86(131)71(116-82(127)67(105)37-8-22-52-97)42-12-27-57-110-79(124)64(102)34-5-19-49-94/h63-77H,2-62,93-108H2,1H3,(H,109,123)(H,110,124)(H,111,125)(H,112,126)(H,113,131)(H,114,132)(H,115,133)(H,116,127)(H,117,128)(H,118,129)(H,119,130)(H,120,134)(H,121,135)(H,122,136). The molecule has 0 aromatic heterocycles.